The minimum Gasteiger partial charge on any atom is -0.342 e. The average molecular weight is 462 g/mol. The Balaban J connectivity index is 1.36. The Labute approximate surface area is 198 Å². The second-order valence-electron chi connectivity index (χ2n) is 9.12. The van der Waals surface area contributed by atoms with Crippen LogP contribution >= 0.6 is 11.6 Å². The van der Waals surface area contributed by atoms with Crippen LogP contribution in [0.4, 0.5) is 0 Å². The zero-order valence-corrected chi connectivity index (χ0v) is 20.2. The predicted molar refractivity (Wildman–Crippen MR) is 131 cm³/mol. The van der Waals surface area contributed by atoms with E-state index in [2.05, 4.69) is 40.1 Å². The Morgan fingerprint density at radius 3 is 2.55 bits per heavy atom. The number of hydrogen-bond acceptors (Lipinski definition) is 3. The van der Waals surface area contributed by atoms with Crippen LogP contribution in [0.1, 0.15) is 57.3 Å². The third-order valence-electron chi connectivity index (χ3n) is 6.84. The number of benzene rings is 1. The van der Waals surface area contributed by atoms with Gasteiger partial charge in [-0.3, -0.25) is 4.79 Å². The van der Waals surface area contributed by atoms with Gasteiger partial charge >= 0.3 is 0 Å². The van der Waals surface area contributed by atoms with Gasteiger partial charge in [-0.05, 0) is 81.3 Å². The van der Waals surface area contributed by atoms with Crippen LogP contribution in [0.5, 0.6) is 0 Å². The number of carbonyl (C=O) groups excluding carboxylic acids is 1. The molecule has 5 rings (SSSR count). The van der Waals surface area contributed by atoms with Gasteiger partial charge in [0.1, 0.15) is 12.2 Å². The zero-order chi connectivity index (χ0) is 23.3. The maximum absolute atomic E-state index is 13.5. The van der Waals surface area contributed by atoms with Crippen molar-refractivity contribution in [3.05, 3.63) is 75.7 Å². The van der Waals surface area contributed by atoms with Crippen molar-refractivity contribution < 1.29 is 4.79 Å². The molecule has 4 aromatic rings. The van der Waals surface area contributed by atoms with E-state index in [1.807, 2.05) is 42.3 Å². The maximum Gasteiger partial charge on any atom is 0.254 e. The lowest BCUT2D eigenvalue weighted by atomic mass is 9.89. The second kappa shape index (κ2) is 8.34. The number of fused-ring (bicyclic) bond motifs is 1. The monoisotopic (exact) mass is 461 g/mol. The fourth-order valence-corrected chi connectivity index (χ4v) is 5.23. The van der Waals surface area contributed by atoms with E-state index in [0.717, 1.165) is 70.9 Å². The Bertz CT molecular complexity index is 1360. The molecule has 0 aliphatic carbocycles. The number of hydrogen-bond donors (Lipinski definition) is 1. The first-order chi connectivity index (χ1) is 15.8. The topological polar surface area (TPSA) is 66.3 Å². The molecule has 3 aromatic heterocycles. The predicted octanol–water partition coefficient (Wildman–Crippen LogP) is 5.63. The lowest BCUT2D eigenvalue weighted by molar-refractivity contribution is 0.0712. The number of aromatic nitrogens is 4. The van der Waals surface area contributed by atoms with Gasteiger partial charge in [0, 0.05) is 30.4 Å². The summed E-state index contributed by atoms with van der Waals surface area (Å²) in [5, 5.41) is 0.526. The highest BCUT2D eigenvalue weighted by Crippen LogP contribution is 2.32. The molecule has 1 aliphatic heterocycles. The molecule has 0 unspecified atom stereocenters. The largest absolute Gasteiger partial charge is 0.342 e. The Morgan fingerprint density at radius 2 is 1.85 bits per heavy atom. The quantitative estimate of drug-likeness (QED) is 0.430. The highest BCUT2D eigenvalue weighted by molar-refractivity contribution is 6.32. The van der Waals surface area contributed by atoms with Crippen LogP contribution < -0.4 is 0 Å². The van der Waals surface area contributed by atoms with Gasteiger partial charge in [-0.2, -0.15) is 0 Å². The molecule has 4 heterocycles. The molecule has 33 heavy (non-hydrogen) atoms. The second-order valence-corrected chi connectivity index (χ2v) is 9.48. The molecular formula is C26H28ClN5O. The molecule has 0 atom stereocenters. The average Bonchev–Trinajstić information content (AvgIpc) is 3.34. The van der Waals surface area contributed by atoms with E-state index in [1.165, 1.54) is 5.56 Å². The van der Waals surface area contributed by atoms with Gasteiger partial charge in [-0.1, -0.05) is 17.7 Å². The number of halogens is 1. The first kappa shape index (κ1) is 21.7. The van der Waals surface area contributed by atoms with E-state index < -0.39 is 0 Å². The Morgan fingerprint density at radius 1 is 1.09 bits per heavy atom. The van der Waals surface area contributed by atoms with Gasteiger partial charge in [0.15, 0.2) is 5.15 Å². The van der Waals surface area contributed by atoms with Gasteiger partial charge < -0.3 is 14.3 Å². The number of nitrogens with zero attached hydrogens (tertiary/aromatic N) is 4. The van der Waals surface area contributed by atoms with Crippen molar-refractivity contribution in [3.8, 4) is 11.3 Å². The molecule has 170 valence electrons. The molecule has 0 radical (unpaired) electrons. The molecule has 1 saturated heterocycles. The van der Waals surface area contributed by atoms with Crippen LogP contribution in [0.3, 0.4) is 0 Å². The van der Waals surface area contributed by atoms with Crippen LogP contribution in [0, 0.1) is 27.7 Å². The van der Waals surface area contributed by atoms with Crippen molar-refractivity contribution in [2.45, 2.75) is 46.5 Å². The first-order valence-corrected chi connectivity index (χ1v) is 11.8. The molecule has 0 spiro atoms. The van der Waals surface area contributed by atoms with Crippen LogP contribution in [0.2, 0.25) is 5.15 Å². The van der Waals surface area contributed by atoms with Crippen molar-refractivity contribution in [2.24, 2.45) is 0 Å². The number of piperidine rings is 1. The number of amides is 1. The van der Waals surface area contributed by atoms with Crippen molar-refractivity contribution in [1.82, 2.24) is 24.3 Å². The summed E-state index contributed by atoms with van der Waals surface area (Å²) in [5.41, 5.74) is 8.11. The molecule has 0 saturated carbocycles. The summed E-state index contributed by atoms with van der Waals surface area (Å²) in [6, 6.07) is 8.41. The number of H-pyrrole nitrogens is 1. The maximum atomic E-state index is 13.5. The number of carbonyl (C=O) groups is 1. The normalized spacial score (nSPS) is 14.9. The van der Waals surface area contributed by atoms with E-state index in [9.17, 15) is 4.79 Å². The Hall–Kier alpha value is -3.12. The molecule has 1 N–H and O–H groups in total. The third-order valence-corrected chi connectivity index (χ3v) is 7.14. The van der Waals surface area contributed by atoms with Crippen molar-refractivity contribution in [1.29, 1.82) is 0 Å². The Kier molecular flexibility index (Phi) is 5.49. The van der Waals surface area contributed by atoms with Crippen molar-refractivity contribution >= 4 is 23.0 Å². The standard InChI is InChI=1S/C26H28ClN5O/c1-15-11-16(2)22(13-21(15)24-17(3)29-18(4)30-24)26(33)31-8-5-19(6-9-31)20-7-10-32-14-28-25(27)23(32)12-20/h7,10-14,19H,5-6,8-9H2,1-4H3,(H,29,30). The van der Waals surface area contributed by atoms with Gasteiger partial charge in [0.25, 0.3) is 5.91 Å². The number of aryl methyl sites for hydroxylation is 4. The lowest BCUT2D eigenvalue weighted by Crippen LogP contribution is -2.38. The summed E-state index contributed by atoms with van der Waals surface area (Å²) >= 11 is 6.22. The number of likely N-dealkylation sites (tertiary alicyclic amines) is 1. The van der Waals surface area contributed by atoms with Gasteiger partial charge in [0.05, 0.1) is 16.9 Å². The van der Waals surface area contributed by atoms with Gasteiger partial charge in [0.2, 0.25) is 0 Å². The molecule has 1 amide bonds. The number of aromatic amines is 1. The van der Waals surface area contributed by atoms with Crippen LogP contribution in [-0.4, -0.2) is 43.2 Å². The summed E-state index contributed by atoms with van der Waals surface area (Å²) in [6.45, 7) is 9.54. The van der Waals surface area contributed by atoms with Gasteiger partial charge in [-0.15, -0.1) is 0 Å². The fraction of sp³-hybridized carbons (Fsp3) is 0.346. The molecule has 1 aromatic carbocycles. The molecular weight excluding hydrogens is 434 g/mol. The number of nitrogens with one attached hydrogen (secondary N) is 1. The summed E-state index contributed by atoms with van der Waals surface area (Å²) < 4.78 is 1.94. The lowest BCUT2D eigenvalue weighted by Gasteiger charge is -2.33. The van der Waals surface area contributed by atoms with E-state index in [4.69, 9.17) is 11.6 Å². The third kappa shape index (κ3) is 3.93. The number of imidazole rings is 2. The number of pyridine rings is 1. The fourth-order valence-electron chi connectivity index (χ4n) is 5.03. The minimum absolute atomic E-state index is 0.107. The van der Waals surface area contributed by atoms with E-state index in [0.29, 0.717) is 11.1 Å². The molecule has 0 bridgehead atoms. The van der Waals surface area contributed by atoms with E-state index in [-0.39, 0.29) is 5.91 Å². The zero-order valence-electron chi connectivity index (χ0n) is 19.4. The summed E-state index contributed by atoms with van der Waals surface area (Å²) in [4.78, 5) is 27.5. The van der Waals surface area contributed by atoms with Crippen molar-refractivity contribution in [3.63, 3.8) is 0 Å². The minimum atomic E-state index is 0.107. The highest BCUT2D eigenvalue weighted by Gasteiger charge is 2.26. The van der Waals surface area contributed by atoms with Crippen LogP contribution in [0.15, 0.2) is 36.8 Å². The molecule has 1 aliphatic rings. The SMILES string of the molecule is Cc1nc(C)c(-c2cc(C(=O)N3CCC(c4ccn5cnc(Cl)c5c4)CC3)c(C)cc2C)[nH]1. The smallest absolute Gasteiger partial charge is 0.254 e. The van der Waals surface area contributed by atoms with Crippen molar-refractivity contribution in [2.75, 3.05) is 13.1 Å². The van der Waals surface area contributed by atoms with Crippen LogP contribution in [0.25, 0.3) is 16.8 Å². The molecule has 6 nitrogen and oxygen atoms in total. The first-order valence-electron chi connectivity index (χ1n) is 11.4. The van der Waals surface area contributed by atoms with E-state index >= 15 is 0 Å². The molecule has 1 fully saturated rings. The van der Waals surface area contributed by atoms with Crippen LogP contribution in [-0.2, 0) is 0 Å². The number of rotatable bonds is 3. The molecule has 7 heteroatoms. The van der Waals surface area contributed by atoms with E-state index in [1.54, 1.807) is 6.33 Å². The summed E-state index contributed by atoms with van der Waals surface area (Å²) in [5.74, 6) is 1.40. The summed E-state index contributed by atoms with van der Waals surface area (Å²) in [6.07, 6.45) is 5.61. The summed E-state index contributed by atoms with van der Waals surface area (Å²) in [7, 11) is 0. The van der Waals surface area contributed by atoms with Gasteiger partial charge in [-0.25, -0.2) is 9.97 Å². The highest BCUT2D eigenvalue weighted by atomic mass is 35.5.